The maximum absolute atomic E-state index is 12.1. The molecule has 0 aromatic carbocycles. The zero-order valence-electron chi connectivity index (χ0n) is 21.0. The van der Waals surface area contributed by atoms with Crippen LogP contribution < -0.4 is 0 Å². The molecule has 2 saturated heterocycles. The molecule has 0 amide bonds. The van der Waals surface area contributed by atoms with Gasteiger partial charge in [0.25, 0.3) is 0 Å². The predicted molar refractivity (Wildman–Crippen MR) is 127 cm³/mol. The van der Waals surface area contributed by atoms with Gasteiger partial charge in [-0.1, -0.05) is 38.2 Å². The SMILES string of the molecule is CC(=CC(=O)OCCCCCCCCC(=O)O)C[C@@H]1OC[C@@H]2C[C@H](C[C@H](C)[C@@H](C)O)O[C@H]2[C@H]1O. The minimum atomic E-state index is -0.750. The molecule has 0 aromatic heterocycles. The van der Waals surface area contributed by atoms with E-state index < -0.39 is 18.2 Å². The molecular weight excluding hydrogens is 440 g/mol. The standard InChI is InChI=1S/C26H44O8/c1-17(13-24(30)32-11-9-7-5-4-6-8-10-23(28)29)12-22-25(31)26-20(16-33-22)15-21(34-26)14-18(2)19(3)27/h13,18-22,25-27,31H,4-12,14-16H2,1-3H3,(H,28,29)/t18-,19+,20-,21-,22-,25-,26+/m0/s1. The first-order valence-corrected chi connectivity index (χ1v) is 12.9. The van der Waals surface area contributed by atoms with Crippen molar-refractivity contribution < 1.29 is 39.1 Å². The van der Waals surface area contributed by atoms with Gasteiger partial charge in [-0.2, -0.15) is 0 Å². The van der Waals surface area contributed by atoms with Gasteiger partial charge in [0.15, 0.2) is 0 Å². The van der Waals surface area contributed by atoms with Gasteiger partial charge in [0.05, 0.1) is 37.6 Å². The number of carboxylic acids is 1. The van der Waals surface area contributed by atoms with Crippen molar-refractivity contribution in [2.75, 3.05) is 13.2 Å². The Hall–Kier alpha value is -1.48. The van der Waals surface area contributed by atoms with Crippen LogP contribution in [0.25, 0.3) is 0 Å². The molecule has 2 aliphatic heterocycles. The van der Waals surface area contributed by atoms with E-state index in [1.807, 2.05) is 13.8 Å². The molecule has 3 N–H and O–H groups in total. The fraction of sp³-hybridized carbons (Fsp3) is 0.846. The molecule has 7 atom stereocenters. The van der Waals surface area contributed by atoms with Crippen molar-refractivity contribution in [1.82, 2.24) is 0 Å². The van der Waals surface area contributed by atoms with Crippen molar-refractivity contribution in [3.8, 4) is 0 Å². The average molecular weight is 485 g/mol. The van der Waals surface area contributed by atoms with Crippen molar-refractivity contribution in [1.29, 1.82) is 0 Å². The Morgan fingerprint density at radius 1 is 1.12 bits per heavy atom. The van der Waals surface area contributed by atoms with Gasteiger partial charge < -0.3 is 29.5 Å². The monoisotopic (exact) mass is 484 g/mol. The highest BCUT2D eigenvalue weighted by Crippen LogP contribution is 2.38. The number of unbranched alkanes of at least 4 members (excludes halogenated alkanes) is 5. The van der Waals surface area contributed by atoms with Crippen molar-refractivity contribution in [3.05, 3.63) is 11.6 Å². The number of aliphatic hydroxyl groups excluding tert-OH is 2. The third-order valence-electron chi connectivity index (χ3n) is 7.00. The fourth-order valence-corrected chi connectivity index (χ4v) is 4.76. The summed E-state index contributed by atoms with van der Waals surface area (Å²) in [4.78, 5) is 22.6. The molecule has 0 radical (unpaired) electrons. The van der Waals surface area contributed by atoms with E-state index >= 15 is 0 Å². The van der Waals surface area contributed by atoms with E-state index in [9.17, 15) is 19.8 Å². The largest absolute Gasteiger partial charge is 0.481 e. The van der Waals surface area contributed by atoms with Crippen molar-refractivity contribution in [3.63, 3.8) is 0 Å². The van der Waals surface area contributed by atoms with Crippen molar-refractivity contribution in [2.45, 2.75) is 115 Å². The van der Waals surface area contributed by atoms with E-state index in [0.717, 1.165) is 50.5 Å². The number of aliphatic hydroxyl groups is 2. The molecule has 8 nitrogen and oxygen atoms in total. The highest BCUT2D eigenvalue weighted by Gasteiger charge is 2.46. The van der Waals surface area contributed by atoms with Crippen LogP contribution in [0.1, 0.15) is 85.0 Å². The number of esters is 1. The molecule has 196 valence electrons. The quantitative estimate of drug-likeness (QED) is 0.183. The summed E-state index contributed by atoms with van der Waals surface area (Å²) in [5.41, 5.74) is 0.795. The topological polar surface area (TPSA) is 123 Å². The van der Waals surface area contributed by atoms with Gasteiger partial charge >= 0.3 is 11.9 Å². The van der Waals surface area contributed by atoms with Crippen LogP contribution in [-0.2, 0) is 23.8 Å². The molecular formula is C26H44O8. The van der Waals surface area contributed by atoms with E-state index in [0.29, 0.717) is 26.1 Å². The number of rotatable bonds is 15. The number of ether oxygens (including phenoxy) is 3. The van der Waals surface area contributed by atoms with Crippen LogP contribution in [0.5, 0.6) is 0 Å². The molecule has 2 rings (SSSR count). The first kappa shape index (κ1) is 28.8. The van der Waals surface area contributed by atoms with Gasteiger partial charge in [-0.05, 0) is 51.9 Å². The molecule has 2 fully saturated rings. The van der Waals surface area contributed by atoms with Gasteiger partial charge in [0, 0.05) is 18.4 Å². The van der Waals surface area contributed by atoms with Gasteiger partial charge in [-0.15, -0.1) is 0 Å². The lowest BCUT2D eigenvalue weighted by Crippen LogP contribution is -2.48. The normalized spacial score (nSPS) is 28.9. The third kappa shape index (κ3) is 10.0. The second kappa shape index (κ2) is 14.8. The van der Waals surface area contributed by atoms with E-state index in [1.54, 1.807) is 6.92 Å². The van der Waals surface area contributed by atoms with Crippen molar-refractivity contribution in [2.24, 2.45) is 11.8 Å². The van der Waals surface area contributed by atoms with Crippen LogP contribution in [-0.4, -0.2) is 71.0 Å². The van der Waals surface area contributed by atoms with Crippen LogP contribution in [0.3, 0.4) is 0 Å². The second-order valence-electron chi connectivity index (χ2n) is 10.2. The zero-order chi connectivity index (χ0) is 25.1. The summed E-state index contributed by atoms with van der Waals surface area (Å²) in [5, 5.41) is 29.2. The van der Waals surface area contributed by atoms with Crippen LogP contribution >= 0.6 is 0 Å². The lowest BCUT2D eigenvalue weighted by atomic mass is 9.87. The first-order chi connectivity index (χ1) is 16.2. The smallest absolute Gasteiger partial charge is 0.330 e. The Kier molecular flexibility index (Phi) is 12.5. The third-order valence-corrected chi connectivity index (χ3v) is 7.00. The van der Waals surface area contributed by atoms with Crippen LogP contribution in [0, 0.1) is 11.8 Å². The zero-order valence-corrected chi connectivity index (χ0v) is 21.0. The summed E-state index contributed by atoms with van der Waals surface area (Å²) in [7, 11) is 0. The first-order valence-electron chi connectivity index (χ1n) is 12.9. The lowest BCUT2D eigenvalue weighted by Gasteiger charge is -2.36. The number of carbonyl (C=O) groups is 2. The van der Waals surface area contributed by atoms with Crippen LogP contribution in [0.4, 0.5) is 0 Å². The Morgan fingerprint density at radius 3 is 2.47 bits per heavy atom. The summed E-state index contributed by atoms with van der Waals surface area (Å²) in [6.07, 6.45) is 7.29. The number of aliphatic carboxylic acids is 1. The molecule has 2 aliphatic rings. The fourth-order valence-electron chi connectivity index (χ4n) is 4.76. The Balaban J connectivity index is 1.64. The van der Waals surface area contributed by atoms with E-state index in [1.165, 1.54) is 6.08 Å². The maximum atomic E-state index is 12.1. The molecule has 0 unspecified atom stereocenters. The molecule has 2 heterocycles. The average Bonchev–Trinajstić information content (AvgIpc) is 3.17. The number of fused-ring (bicyclic) bond motifs is 1. The summed E-state index contributed by atoms with van der Waals surface area (Å²) in [5.74, 6) is -0.836. The summed E-state index contributed by atoms with van der Waals surface area (Å²) in [6, 6.07) is 0. The number of hydrogen-bond acceptors (Lipinski definition) is 7. The molecule has 0 saturated carbocycles. The predicted octanol–water partition coefficient (Wildman–Crippen LogP) is 3.62. The molecule has 34 heavy (non-hydrogen) atoms. The summed E-state index contributed by atoms with van der Waals surface area (Å²) >= 11 is 0. The van der Waals surface area contributed by atoms with Crippen LogP contribution in [0.2, 0.25) is 0 Å². The number of carboxylic acid groups (broad SMARTS) is 1. The van der Waals surface area contributed by atoms with E-state index in [-0.39, 0.29) is 42.5 Å². The number of hydrogen-bond donors (Lipinski definition) is 3. The highest BCUT2D eigenvalue weighted by atomic mass is 16.5. The van der Waals surface area contributed by atoms with Gasteiger partial charge in [-0.25, -0.2) is 4.79 Å². The lowest BCUT2D eigenvalue weighted by molar-refractivity contribution is -0.160. The summed E-state index contributed by atoms with van der Waals surface area (Å²) < 4.78 is 17.3. The molecule has 8 heteroatoms. The summed E-state index contributed by atoms with van der Waals surface area (Å²) in [6.45, 7) is 6.52. The molecule has 0 bridgehead atoms. The Morgan fingerprint density at radius 2 is 1.79 bits per heavy atom. The maximum Gasteiger partial charge on any atom is 0.330 e. The van der Waals surface area contributed by atoms with Crippen LogP contribution in [0.15, 0.2) is 11.6 Å². The van der Waals surface area contributed by atoms with Gasteiger partial charge in [0.2, 0.25) is 0 Å². The number of carbonyl (C=O) groups excluding carboxylic acids is 1. The Bertz CT molecular complexity index is 661. The van der Waals surface area contributed by atoms with E-state index in [2.05, 4.69) is 0 Å². The minimum Gasteiger partial charge on any atom is -0.481 e. The Labute approximate surface area is 203 Å². The molecule has 0 aliphatic carbocycles. The second-order valence-corrected chi connectivity index (χ2v) is 10.2. The van der Waals surface area contributed by atoms with Gasteiger partial charge in [0.1, 0.15) is 6.10 Å². The van der Waals surface area contributed by atoms with Gasteiger partial charge in [-0.3, -0.25) is 4.79 Å². The molecule has 0 spiro atoms. The minimum absolute atomic E-state index is 0.0213. The molecule has 0 aromatic rings. The van der Waals surface area contributed by atoms with Crippen molar-refractivity contribution >= 4 is 11.9 Å². The van der Waals surface area contributed by atoms with E-state index in [4.69, 9.17) is 19.3 Å². The highest BCUT2D eigenvalue weighted by molar-refractivity contribution is 5.82.